The second-order valence-corrected chi connectivity index (χ2v) is 4.19. The van der Waals surface area contributed by atoms with Crippen LogP contribution in [0.1, 0.15) is 23.0 Å². The van der Waals surface area contributed by atoms with Crippen molar-refractivity contribution in [1.82, 2.24) is 10.3 Å². The highest BCUT2D eigenvalue weighted by atomic mass is 16.5. The highest BCUT2D eigenvalue weighted by Gasteiger charge is 2.08. The zero-order chi connectivity index (χ0) is 15.0. The molecule has 1 aromatic rings. The molecule has 0 unspecified atom stereocenters. The average Bonchev–Trinajstić information content (AvgIpc) is 2.37. The predicted molar refractivity (Wildman–Crippen MR) is 75.5 cm³/mol. The molecule has 0 aliphatic heterocycles. The van der Waals surface area contributed by atoms with Crippen LogP contribution in [0.2, 0.25) is 0 Å². The van der Waals surface area contributed by atoms with E-state index in [4.69, 9.17) is 10.5 Å². The maximum absolute atomic E-state index is 11.9. The molecule has 0 fully saturated rings. The van der Waals surface area contributed by atoms with E-state index in [0.717, 1.165) is 12.2 Å². The standard InChI is InChI=1S/C13H20N4O3/c1-3-15-12-7-10(6-9(2)17-12)13(19)16-4-5-20-8-11(14)18/h6-7H,3-5,8H2,1-2H3,(H2,14,18)(H,15,17)(H,16,19). The van der Waals surface area contributed by atoms with Crippen LogP contribution in [0.15, 0.2) is 12.1 Å². The van der Waals surface area contributed by atoms with Gasteiger partial charge in [0.05, 0.1) is 6.61 Å². The van der Waals surface area contributed by atoms with Crippen LogP contribution in [0, 0.1) is 6.92 Å². The lowest BCUT2D eigenvalue weighted by Gasteiger charge is -2.09. The maximum atomic E-state index is 11.9. The molecule has 2 amide bonds. The van der Waals surface area contributed by atoms with Crippen molar-refractivity contribution in [2.24, 2.45) is 5.73 Å². The van der Waals surface area contributed by atoms with Crippen LogP contribution in [0.5, 0.6) is 0 Å². The third-order valence-corrected chi connectivity index (χ3v) is 2.35. The molecule has 1 aromatic heterocycles. The van der Waals surface area contributed by atoms with E-state index in [2.05, 4.69) is 15.6 Å². The molecule has 0 saturated carbocycles. The summed E-state index contributed by atoms with van der Waals surface area (Å²) in [6, 6.07) is 3.40. The molecule has 110 valence electrons. The van der Waals surface area contributed by atoms with Crippen LogP contribution in [0.4, 0.5) is 5.82 Å². The van der Waals surface area contributed by atoms with Gasteiger partial charge in [-0.05, 0) is 26.0 Å². The number of amides is 2. The topological polar surface area (TPSA) is 106 Å². The van der Waals surface area contributed by atoms with Gasteiger partial charge in [-0.1, -0.05) is 0 Å². The van der Waals surface area contributed by atoms with Gasteiger partial charge in [0.1, 0.15) is 12.4 Å². The molecule has 7 nitrogen and oxygen atoms in total. The first-order valence-corrected chi connectivity index (χ1v) is 6.39. The predicted octanol–water partition coefficient (Wildman–Crippen LogP) is 0.0535. The van der Waals surface area contributed by atoms with Gasteiger partial charge in [-0.15, -0.1) is 0 Å². The Morgan fingerprint density at radius 2 is 2.15 bits per heavy atom. The Balaban J connectivity index is 2.48. The Morgan fingerprint density at radius 1 is 1.40 bits per heavy atom. The fraction of sp³-hybridized carbons (Fsp3) is 0.462. The Hall–Kier alpha value is -2.15. The van der Waals surface area contributed by atoms with Crippen molar-refractivity contribution in [3.63, 3.8) is 0 Å². The molecule has 0 bridgehead atoms. The van der Waals surface area contributed by atoms with E-state index < -0.39 is 5.91 Å². The van der Waals surface area contributed by atoms with Crippen LogP contribution < -0.4 is 16.4 Å². The van der Waals surface area contributed by atoms with E-state index >= 15 is 0 Å². The molecule has 1 heterocycles. The molecule has 4 N–H and O–H groups in total. The van der Waals surface area contributed by atoms with E-state index in [1.165, 1.54) is 0 Å². The van der Waals surface area contributed by atoms with Gasteiger partial charge in [-0.2, -0.15) is 0 Å². The highest BCUT2D eigenvalue weighted by molar-refractivity contribution is 5.95. The SMILES string of the molecule is CCNc1cc(C(=O)NCCOCC(N)=O)cc(C)n1. The Bertz CT molecular complexity index is 477. The van der Waals surface area contributed by atoms with Crippen molar-refractivity contribution >= 4 is 17.6 Å². The number of carbonyl (C=O) groups excluding carboxylic acids is 2. The van der Waals surface area contributed by atoms with E-state index in [-0.39, 0.29) is 19.1 Å². The number of aromatic nitrogens is 1. The highest BCUT2D eigenvalue weighted by Crippen LogP contribution is 2.09. The summed E-state index contributed by atoms with van der Waals surface area (Å²) in [7, 11) is 0. The zero-order valence-electron chi connectivity index (χ0n) is 11.7. The zero-order valence-corrected chi connectivity index (χ0v) is 11.7. The molecule has 0 aliphatic carbocycles. The van der Waals surface area contributed by atoms with Gasteiger partial charge in [0, 0.05) is 24.3 Å². The lowest BCUT2D eigenvalue weighted by molar-refractivity contribution is -0.122. The monoisotopic (exact) mass is 280 g/mol. The fourth-order valence-corrected chi connectivity index (χ4v) is 1.58. The van der Waals surface area contributed by atoms with E-state index in [0.29, 0.717) is 17.9 Å². The summed E-state index contributed by atoms with van der Waals surface area (Å²) in [5.41, 5.74) is 6.22. The summed E-state index contributed by atoms with van der Waals surface area (Å²) in [4.78, 5) is 26.7. The number of hydrogen-bond donors (Lipinski definition) is 3. The number of nitrogens with one attached hydrogen (secondary N) is 2. The number of rotatable bonds is 8. The second-order valence-electron chi connectivity index (χ2n) is 4.19. The maximum Gasteiger partial charge on any atom is 0.251 e. The summed E-state index contributed by atoms with van der Waals surface area (Å²) >= 11 is 0. The minimum Gasteiger partial charge on any atom is -0.370 e. The molecule has 0 spiro atoms. The number of pyridine rings is 1. The third-order valence-electron chi connectivity index (χ3n) is 2.35. The number of hydrogen-bond acceptors (Lipinski definition) is 5. The lowest BCUT2D eigenvalue weighted by atomic mass is 10.2. The van der Waals surface area contributed by atoms with Crippen LogP contribution in [0.25, 0.3) is 0 Å². The van der Waals surface area contributed by atoms with Crippen LogP contribution in [-0.2, 0) is 9.53 Å². The Kier molecular flexibility index (Phi) is 6.45. The molecule has 1 rings (SSSR count). The number of primary amides is 1. The molecule has 0 radical (unpaired) electrons. The van der Waals surface area contributed by atoms with Gasteiger partial charge in [0.25, 0.3) is 5.91 Å². The largest absolute Gasteiger partial charge is 0.370 e. The van der Waals surface area contributed by atoms with Crippen LogP contribution in [0.3, 0.4) is 0 Å². The molecule has 20 heavy (non-hydrogen) atoms. The van der Waals surface area contributed by atoms with Crippen molar-refractivity contribution in [3.8, 4) is 0 Å². The Labute approximate surface area is 117 Å². The molecule has 0 aromatic carbocycles. The van der Waals surface area contributed by atoms with E-state index in [1.54, 1.807) is 12.1 Å². The van der Waals surface area contributed by atoms with Crippen molar-refractivity contribution in [1.29, 1.82) is 0 Å². The van der Waals surface area contributed by atoms with Crippen molar-refractivity contribution in [3.05, 3.63) is 23.4 Å². The van der Waals surface area contributed by atoms with Crippen molar-refractivity contribution in [2.45, 2.75) is 13.8 Å². The van der Waals surface area contributed by atoms with Gasteiger partial charge in [-0.25, -0.2) is 4.98 Å². The number of nitrogens with zero attached hydrogens (tertiary/aromatic N) is 1. The molecular formula is C13H20N4O3. The number of ether oxygens (including phenoxy) is 1. The van der Waals surface area contributed by atoms with Crippen molar-refractivity contribution < 1.29 is 14.3 Å². The summed E-state index contributed by atoms with van der Waals surface area (Å²) in [5.74, 6) is -0.0728. The summed E-state index contributed by atoms with van der Waals surface area (Å²) in [6.45, 7) is 4.92. The van der Waals surface area contributed by atoms with Gasteiger partial charge in [-0.3, -0.25) is 9.59 Å². The second kappa shape index (κ2) is 8.11. The normalized spacial score (nSPS) is 10.1. The van der Waals surface area contributed by atoms with Crippen LogP contribution in [-0.4, -0.2) is 43.1 Å². The minimum absolute atomic E-state index is 0.144. The average molecular weight is 280 g/mol. The summed E-state index contributed by atoms with van der Waals surface area (Å²) in [6.07, 6.45) is 0. The van der Waals surface area contributed by atoms with Gasteiger partial charge >= 0.3 is 0 Å². The van der Waals surface area contributed by atoms with E-state index in [9.17, 15) is 9.59 Å². The van der Waals surface area contributed by atoms with E-state index in [1.807, 2.05) is 13.8 Å². The molecule has 0 atom stereocenters. The number of nitrogens with two attached hydrogens (primary N) is 1. The first kappa shape index (κ1) is 15.9. The summed E-state index contributed by atoms with van der Waals surface area (Å²) in [5, 5.41) is 5.76. The molecule has 0 saturated heterocycles. The minimum atomic E-state index is -0.531. The number of anilines is 1. The molecule has 7 heteroatoms. The first-order chi connectivity index (χ1) is 9.52. The lowest BCUT2D eigenvalue weighted by Crippen LogP contribution is -2.29. The third kappa shape index (κ3) is 5.66. The van der Waals surface area contributed by atoms with Gasteiger partial charge < -0.3 is 21.1 Å². The fourth-order valence-electron chi connectivity index (χ4n) is 1.58. The number of aryl methyl sites for hydroxylation is 1. The van der Waals surface area contributed by atoms with Crippen LogP contribution >= 0.6 is 0 Å². The molecule has 0 aliphatic rings. The van der Waals surface area contributed by atoms with Gasteiger partial charge in [0.2, 0.25) is 5.91 Å². The smallest absolute Gasteiger partial charge is 0.251 e. The Morgan fingerprint density at radius 3 is 2.80 bits per heavy atom. The van der Waals surface area contributed by atoms with Crippen molar-refractivity contribution in [2.75, 3.05) is 31.6 Å². The summed E-state index contributed by atoms with van der Waals surface area (Å²) < 4.78 is 4.95. The molecular weight excluding hydrogens is 260 g/mol. The number of carbonyl (C=O) groups is 2. The first-order valence-electron chi connectivity index (χ1n) is 6.39. The van der Waals surface area contributed by atoms with Gasteiger partial charge in [0.15, 0.2) is 0 Å². The quantitative estimate of drug-likeness (QED) is 0.583.